The number of aromatic nitrogens is 1. The fraction of sp³-hybridized carbons (Fsp3) is 0.143. The summed E-state index contributed by atoms with van der Waals surface area (Å²) in [5.74, 6) is -0.722. The molecule has 1 heterocycles. The third-order valence-corrected chi connectivity index (χ3v) is 2.72. The van der Waals surface area contributed by atoms with E-state index in [9.17, 15) is 9.18 Å². The van der Waals surface area contributed by atoms with Crippen molar-refractivity contribution in [3.63, 3.8) is 0 Å². The number of nitrogens with two attached hydrogens (primary N) is 1. The lowest BCUT2D eigenvalue weighted by atomic mass is 10.2. The predicted molar refractivity (Wildman–Crippen MR) is 71.2 cm³/mol. The van der Waals surface area contributed by atoms with E-state index in [0.29, 0.717) is 5.56 Å². The Hall–Kier alpha value is -2.63. The number of ether oxygens (including phenoxy) is 2. The van der Waals surface area contributed by atoms with Gasteiger partial charge in [-0.05, 0) is 24.6 Å². The van der Waals surface area contributed by atoms with Crippen molar-refractivity contribution in [3.05, 3.63) is 47.4 Å². The van der Waals surface area contributed by atoms with E-state index in [2.05, 4.69) is 9.72 Å². The highest BCUT2D eigenvalue weighted by molar-refractivity contribution is 5.96. The van der Waals surface area contributed by atoms with Crippen LogP contribution in [0.1, 0.15) is 15.9 Å². The summed E-state index contributed by atoms with van der Waals surface area (Å²) in [5, 5.41) is 0. The average Bonchev–Trinajstić information content (AvgIpc) is 2.44. The highest BCUT2D eigenvalue weighted by Crippen LogP contribution is 2.28. The molecule has 0 unspecified atom stereocenters. The number of benzene rings is 1. The number of anilines is 1. The van der Waals surface area contributed by atoms with Gasteiger partial charge in [0.05, 0.1) is 12.7 Å². The Morgan fingerprint density at radius 2 is 2.10 bits per heavy atom. The Bertz CT molecular complexity index is 659. The fourth-order valence-corrected chi connectivity index (χ4v) is 1.57. The van der Waals surface area contributed by atoms with Gasteiger partial charge in [-0.15, -0.1) is 0 Å². The number of carbonyl (C=O) groups is 1. The van der Waals surface area contributed by atoms with Crippen molar-refractivity contribution in [3.8, 4) is 11.6 Å². The van der Waals surface area contributed by atoms with E-state index in [0.717, 1.165) is 0 Å². The second-order valence-electron chi connectivity index (χ2n) is 4.08. The number of hydrogen-bond donors (Lipinski definition) is 1. The lowest BCUT2D eigenvalue weighted by Gasteiger charge is -2.10. The number of esters is 1. The minimum Gasteiger partial charge on any atom is -0.465 e. The number of nitrogens with zero attached hydrogens (tertiary/aromatic N) is 1. The van der Waals surface area contributed by atoms with Crippen molar-refractivity contribution in [2.75, 3.05) is 12.8 Å². The summed E-state index contributed by atoms with van der Waals surface area (Å²) in [7, 11) is 1.25. The third-order valence-electron chi connectivity index (χ3n) is 2.72. The Balaban J connectivity index is 2.34. The van der Waals surface area contributed by atoms with Crippen molar-refractivity contribution >= 4 is 11.7 Å². The molecular weight excluding hydrogens is 263 g/mol. The number of aryl methyl sites for hydroxylation is 1. The Labute approximate surface area is 115 Å². The highest BCUT2D eigenvalue weighted by Gasteiger charge is 2.15. The number of nitrogen functional groups attached to an aromatic ring is 1. The number of hydrogen-bond acceptors (Lipinski definition) is 5. The molecule has 0 radical (unpaired) electrons. The molecule has 0 saturated carbocycles. The molecule has 1 aromatic carbocycles. The van der Waals surface area contributed by atoms with Gasteiger partial charge in [0.2, 0.25) is 5.88 Å². The van der Waals surface area contributed by atoms with Crippen LogP contribution in [0.25, 0.3) is 0 Å². The largest absolute Gasteiger partial charge is 0.465 e. The standard InChI is InChI=1S/C14H13FN2O3/c1-8-3-4-9(7-11(8)15)20-13-12(16)10(5-6-17-13)14(18)19-2/h3-7H,16H2,1-2H3. The van der Waals surface area contributed by atoms with Gasteiger partial charge in [0.1, 0.15) is 17.3 Å². The molecule has 0 amide bonds. The van der Waals surface area contributed by atoms with Crippen LogP contribution in [0.3, 0.4) is 0 Å². The van der Waals surface area contributed by atoms with Crippen LogP contribution in [0, 0.1) is 12.7 Å². The molecule has 2 rings (SSSR count). The van der Waals surface area contributed by atoms with Crippen molar-refractivity contribution < 1.29 is 18.7 Å². The average molecular weight is 276 g/mol. The zero-order valence-corrected chi connectivity index (χ0v) is 11.0. The van der Waals surface area contributed by atoms with Crippen LogP contribution in [0.4, 0.5) is 10.1 Å². The Morgan fingerprint density at radius 3 is 2.75 bits per heavy atom. The molecule has 1 aromatic heterocycles. The zero-order valence-electron chi connectivity index (χ0n) is 11.0. The van der Waals surface area contributed by atoms with Crippen LogP contribution in [-0.2, 0) is 4.74 Å². The molecule has 0 aliphatic heterocycles. The minimum atomic E-state index is -0.593. The van der Waals surface area contributed by atoms with Gasteiger partial charge in [-0.3, -0.25) is 0 Å². The van der Waals surface area contributed by atoms with E-state index in [1.165, 1.54) is 25.4 Å². The summed E-state index contributed by atoms with van der Waals surface area (Å²) in [6.45, 7) is 1.64. The number of rotatable bonds is 3. The SMILES string of the molecule is COC(=O)c1ccnc(Oc2ccc(C)c(F)c2)c1N. The van der Waals surface area contributed by atoms with Crippen molar-refractivity contribution in [2.45, 2.75) is 6.92 Å². The Kier molecular flexibility index (Phi) is 3.84. The van der Waals surface area contributed by atoms with E-state index < -0.39 is 11.8 Å². The van der Waals surface area contributed by atoms with Gasteiger partial charge < -0.3 is 15.2 Å². The number of methoxy groups -OCH3 is 1. The number of pyridine rings is 1. The maximum Gasteiger partial charge on any atom is 0.340 e. The van der Waals surface area contributed by atoms with Crippen molar-refractivity contribution in [1.82, 2.24) is 4.98 Å². The lowest BCUT2D eigenvalue weighted by Crippen LogP contribution is -2.07. The van der Waals surface area contributed by atoms with E-state index in [4.69, 9.17) is 10.5 Å². The summed E-state index contributed by atoms with van der Waals surface area (Å²) in [4.78, 5) is 15.4. The van der Waals surface area contributed by atoms with Gasteiger partial charge in [0, 0.05) is 12.3 Å². The van der Waals surface area contributed by atoms with E-state index >= 15 is 0 Å². The van der Waals surface area contributed by atoms with E-state index in [-0.39, 0.29) is 22.9 Å². The van der Waals surface area contributed by atoms with Gasteiger partial charge in [0.25, 0.3) is 0 Å². The lowest BCUT2D eigenvalue weighted by molar-refractivity contribution is 0.0601. The highest BCUT2D eigenvalue weighted by atomic mass is 19.1. The maximum atomic E-state index is 13.4. The molecule has 104 valence electrons. The second-order valence-corrected chi connectivity index (χ2v) is 4.08. The monoisotopic (exact) mass is 276 g/mol. The molecule has 0 aliphatic carbocycles. The van der Waals surface area contributed by atoms with Crippen molar-refractivity contribution in [1.29, 1.82) is 0 Å². The molecule has 0 fully saturated rings. The Morgan fingerprint density at radius 1 is 1.35 bits per heavy atom. The fourth-order valence-electron chi connectivity index (χ4n) is 1.57. The van der Waals surface area contributed by atoms with Crippen LogP contribution < -0.4 is 10.5 Å². The molecule has 2 aromatic rings. The first-order chi connectivity index (χ1) is 9.52. The van der Waals surface area contributed by atoms with Crippen LogP contribution in [0.2, 0.25) is 0 Å². The summed E-state index contributed by atoms with van der Waals surface area (Å²) in [6.07, 6.45) is 1.36. The summed E-state index contributed by atoms with van der Waals surface area (Å²) in [5.41, 5.74) is 6.48. The number of halogens is 1. The molecule has 0 atom stereocenters. The normalized spacial score (nSPS) is 10.2. The van der Waals surface area contributed by atoms with Crippen LogP contribution >= 0.6 is 0 Å². The first-order valence-corrected chi connectivity index (χ1v) is 5.79. The minimum absolute atomic E-state index is 0.0242. The molecule has 0 spiro atoms. The van der Waals surface area contributed by atoms with E-state index in [1.54, 1.807) is 19.1 Å². The smallest absolute Gasteiger partial charge is 0.340 e. The van der Waals surface area contributed by atoms with Gasteiger partial charge in [0.15, 0.2) is 0 Å². The number of carbonyl (C=O) groups excluding carboxylic acids is 1. The molecule has 5 nitrogen and oxygen atoms in total. The second kappa shape index (κ2) is 5.56. The van der Waals surface area contributed by atoms with Gasteiger partial charge in [-0.1, -0.05) is 6.07 Å². The predicted octanol–water partition coefficient (Wildman–Crippen LogP) is 2.69. The zero-order chi connectivity index (χ0) is 14.7. The first-order valence-electron chi connectivity index (χ1n) is 5.79. The van der Waals surface area contributed by atoms with E-state index in [1.807, 2.05) is 0 Å². The molecule has 2 N–H and O–H groups in total. The quantitative estimate of drug-likeness (QED) is 0.872. The van der Waals surface area contributed by atoms with Crippen LogP contribution in [-0.4, -0.2) is 18.1 Å². The van der Waals surface area contributed by atoms with Gasteiger partial charge in [-0.25, -0.2) is 14.2 Å². The maximum absolute atomic E-state index is 13.4. The van der Waals surface area contributed by atoms with Gasteiger partial charge >= 0.3 is 5.97 Å². The molecule has 6 heteroatoms. The molecule has 0 saturated heterocycles. The molecule has 20 heavy (non-hydrogen) atoms. The topological polar surface area (TPSA) is 74.4 Å². The van der Waals surface area contributed by atoms with Crippen LogP contribution in [0.15, 0.2) is 30.5 Å². The third kappa shape index (κ3) is 2.69. The van der Waals surface area contributed by atoms with Gasteiger partial charge in [-0.2, -0.15) is 0 Å². The molecule has 0 bridgehead atoms. The van der Waals surface area contributed by atoms with Crippen LogP contribution in [0.5, 0.6) is 11.6 Å². The molecular formula is C14H13FN2O3. The summed E-state index contributed by atoms with van der Waals surface area (Å²) in [6, 6.07) is 5.81. The molecule has 0 aliphatic rings. The first kappa shape index (κ1) is 13.8. The summed E-state index contributed by atoms with van der Waals surface area (Å²) >= 11 is 0. The summed E-state index contributed by atoms with van der Waals surface area (Å²) < 4.78 is 23.4. The van der Waals surface area contributed by atoms with Crippen molar-refractivity contribution in [2.24, 2.45) is 0 Å².